The fraction of sp³-hybridized carbons (Fsp3) is 0.708. The number of rotatable bonds is 26. The molecule has 0 saturated carbocycles. The molecule has 0 amide bonds. The van der Waals surface area contributed by atoms with Crippen molar-refractivity contribution in [3.8, 4) is 0 Å². The molecule has 1 aromatic carbocycles. The average Bonchev–Trinajstić information content (AvgIpc) is 2.95. The summed E-state index contributed by atoms with van der Waals surface area (Å²) in [5, 5.41) is -0.938. The first kappa shape index (κ1) is 36.6. The normalized spacial score (nSPS) is 11.4. The summed E-state index contributed by atoms with van der Waals surface area (Å²) in [5.74, 6) is -10.7. The predicted molar refractivity (Wildman–Crippen MR) is 133 cm³/mol. The van der Waals surface area contributed by atoms with Crippen molar-refractivity contribution in [2.75, 3.05) is 112 Å². The van der Waals surface area contributed by atoms with Gasteiger partial charge in [0.15, 0.2) is 23.3 Å². The maximum atomic E-state index is 13.6. The van der Waals surface area contributed by atoms with Crippen molar-refractivity contribution in [1.82, 2.24) is 0 Å². The van der Waals surface area contributed by atoms with E-state index in [0.29, 0.717) is 79.2 Å². The predicted octanol–water partition coefficient (Wildman–Crippen LogP) is 2.09. The number of carbonyl (C=O) groups is 1. The van der Waals surface area contributed by atoms with Gasteiger partial charge in [0.25, 0.3) is 0 Å². The van der Waals surface area contributed by atoms with Crippen LogP contribution in [-0.4, -0.2) is 117 Å². The lowest BCUT2D eigenvalue weighted by Crippen LogP contribution is -2.15. The Morgan fingerprint density at radius 1 is 0.475 bits per heavy atom. The third-order valence-electron chi connectivity index (χ3n) is 4.47. The summed E-state index contributed by atoms with van der Waals surface area (Å²) in [6.07, 6.45) is 0. The van der Waals surface area contributed by atoms with Gasteiger partial charge in [0, 0.05) is 6.54 Å². The zero-order valence-electron chi connectivity index (χ0n) is 22.1. The summed E-state index contributed by atoms with van der Waals surface area (Å²) in [6.45, 7) is 5.41. The van der Waals surface area contributed by atoms with Crippen molar-refractivity contribution in [2.45, 2.75) is 4.90 Å². The van der Waals surface area contributed by atoms with E-state index in [1.165, 1.54) is 0 Å². The molecule has 0 aliphatic heterocycles. The second-order valence-electron chi connectivity index (χ2n) is 7.50. The monoisotopic (exact) mass is 609 g/mol. The zero-order chi connectivity index (χ0) is 29.4. The number of halogens is 5. The molecule has 232 valence electrons. The highest BCUT2D eigenvalue weighted by atomic mass is 32.2. The Morgan fingerprint density at radius 2 is 0.750 bits per heavy atom. The Hall–Kier alpha value is -1.47. The third kappa shape index (κ3) is 16.7. The molecule has 0 heterocycles. The number of nitrogens with two attached hydrogens (primary N) is 1. The van der Waals surface area contributed by atoms with Crippen molar-refractivity contribution in [3.63, 3.8) is 0 Å². The number of carbonyl (C=O) groups excluding carboxylic acids is 1. The highest BCUT2D eigenvalue weighted by Gasteiger charge is 2.27. The Kier molecular flexibility index (Phi) is 22.1. The standard InChI is InChI=1S/C24H36F5NO9S/c25-19-20(26)22(28)24(23(29)21(19)27)40-18(31)17-39-16-15-38-14-13-37-12-11-36-10-9-35-8-7-34-6-5-33-4-3-32-2-1-30/h1-17,30H2. The highest BCUT2D eigenvalue weighted by molar-refractivity contribution is 8.13. The highest BCUT2D eigenvalue weighted by Crippen LogP contribution is 2.31. The van der Waals surface area contributed by atoms with Crippen LogP contribution in [-0.2, 0) is 42.7 Å². The molecule has 1 rings (SSSR count). The molecule has 2 N–H and O–H groups in total. The van der Waals surface area contributed by atoms with E-state index in [1.807, 2.05) is 0 Å². The second-order valence-corrected chi connectivity index (χ2v) is 8.57. The van der Waals surface area contributed by atoms with Crippen LogP contribution in [0.2, 0.25) is 0 Å². The summed E-state index contributed by atoms with van der Waals surface area (Å²) >= 11 is -0.130. The maximum Gasteiger partial charge on any atom is 0.219 e. The molecule has 40 heavy (non-hydrogen) atoms. The first-order valence-corrected chi connectivity index (χ1v) is 13.3. The van der Waals surface area contributed by atoms with E-state index in [9.17, 15) is 26.7 Å². The van der Waals surface area contributed by atoms with Crippen molar-refractivity contribution >= 4 is 16.9 Å². The van der Waals surface area contributed by atoms with Crippen molar-refractivity contribution in [1.29, 1.82) is 0 Å². The lowest BCUT2D eigenvalue weighted by molar-refractivity contribution is -0.115. The summed E-state index contributed by atoms with van der Waals surface area (Å²) in [7, 11) is 0. The van der Waals surface area contributed by atoms with Gasteiger partial charge in [-0.3, -0.25) is 4.79 Å². The molecule has 0 aromatic heterocycles. The van der Waals surface area contributed by atoms with E-state index in [2.05, 4.69) is 0 Å². The SMILES string of the molecule is NCCOCCOCCOCCOCCOCCOCCOCCOCC(=O)Sc1c(F)c(F)c(F)c(F)c1F. The average molecular weight is 610 g/mol. The van der Waals surface area contributed by atoms with E-state index < -0.39 is 45.7 Å². The van der Waals surface area contributed by atoms with Crippen LogP contribution in [0.5, 0.6) is 0 Å². The lowest BCUT2D eigenvalue weighted by atomic mass is 10.3. The first-order valence-electron chi connectivity index (χ1n) is 12.4. The van der Waals surface area contributed by atoms with Crippen LogP contribution in [0.1, 0.15) is 0 Å². The minimum atomic E-state index is -2.29. The smallest absolute Gasteiger partial charge is 0.219 e. The molecule has 16 heteroatoms. The van der Waals surface area contributed by atoms with Crippen molar-refractivity contribution in [3.05, 3.63) is 29.1 Å². The molecule has 0 atom stereocenters. The number of hydrogen-bond acceptors (Lipinski definition) is 11. The van der Waals surface area contributed by atoms with E-state index in [0.717, 1.165) is 0 Å². The van der Waals surface area contributed by atoms with Crippen LogP contribution in [0.15, 0.2) is 4.90 Å². The second kappa shape index (κ2) is 24.2. The van der Waals surface area contributed by atoms with Crippen LogP contribution < -0.4 is 5.73 Å². The fourth-order valence-electron chi connectivity index (χ4n) is 2.60. The molecule has 0 fully saturated rings. The minimum Gasteiger partial charge on any atom is -0.378 e. The van der Waals surface area contributed by atoms with Gasteiger partial charge in [-0.1, -0.05) is 0 Å². The first-order chi connectivity index (χ1) is 19.4. The van der Waals surface area contributed by atoms with Gasteiger partial charge < -0.3 is 43.6 Å². The number of thioether (sulfide) groups is 1. The van der Waals surface area contributed by atoms with Gasteiger partial charge in [0.1, 0.15) is 6.61 Å². The van der Waals surface area contributed by atoms with Gasteiger partial charge in [0.05, 0.1) is 104 Å². The molecule has 0 unspecified atom stereocenters. The molecular weight excluding hydrogens is 573 g/mol. The summed E-state index contributed by atoms with van der Waals surface area (Å²) in [5.41, 5.74) is 5.30. The van der Waals surface area contributed by atoms with Gasteiger partial charge >= 0.3 is 0 Å². The van der Waals surface area contributed by atoms with Crippen molar-refractivity contribution < 1.29 is 64.6 Å². The fourth-order valence-corrected chi connectivity index (χ4v) is 3.32. The number of ether oxygens (including phenoxy) is 8. The van der Waals surface area contributed by atoms with E-state index in [-0.39, 0.29) is 38.2 Å². The molecule has 0 aliphatic rings. The summed E-state index contributed by atoms with van der Waals surface area (Å²) < 4.78 is 109. The van der Waals surface area contributed by atoms with E-state index >= 15 is 0 Å². The van der Waals surface area contributed by atoms with Crippen LogP contribution in [0.3, 0.4) is 0 Å². The summed E-state index contributed by atoms with van der Waals surface area (Å²) in [4.78, 5) is 10.4. The topological polar surface area (TPSA) is 117 Å². The number of benzene rings is 1. The lowest BCUT2D eigenvalue weighted by Gasteiger charge is -2.09. The van der Waals surface area contributed by atoms with E-state index in [4.69, 9.17) is 43.6 Å². The molecule has 10 nitrogen and oxygen atoms in total. The maximum absolute atomic E-state index is 13.6. The molecular formula is C24H36F5NO9S. The molecule has 0 saturated heterocycles. The third-order valence-corrected chi connectivity index (χ3v) is 5.38. The Balaban J connectivity index is 1.84. The quantitative estimate of drug-likeness (QED) is 0.0547. The van der Waals surface area contributed by atoms with Gasteiger partial charge in [-0.25, -0.2) is 22.0 Å². The molecule has 0 spiro atoms. The molecule has 0 bridgehead atoms. The Labute approximate surface area is 233 Å². The molecule has 0 aliphatic carbocycles. The van der Waals surface area contributed by atoms with Gasteiger partial charge in [-0.2, -0.15) is 0 Å². The van der Waals surface area contributed by atoms with Crippen LogP contribution in [0, 0.1) is 29.1 Å². The summed E-state index contributed by atoms with van der Waals surface area (Å²) in [6, 6.07) is 0. The van der Waals surface area contributed by atoms with E-state index in [1.54, 1.807) is 0 Å². The van der Waals surface area contributed by atoms with Gasteiger partial charge in [-0.05, 0) is 11.8 Å². The molecule has 0 radical (unpaired) electrons. The number of hydrogen-bond donors (Lipinski definition) is 1. The van der Waals surface area contributed by atoms with Crippen LogP contribution >= 0.6 is 11.8 Å². The van der Waals surface area contributed by atoms with Gasteiger partial charge in [-0.15, -0.1) is 0 Å². The van der Waals surface area contributed by atoms with Crippen LogP contribution in [0.4, 0.5) is 22.0 Å². The van der Waals surface area contributed by atoms with Crippen LogP contribution in [0.25, 0.3) is 0 Å². The Bertz CT molecular complexity index is 800. The largest absolute Gasteiger partial charge is 0.378 e. The zero-order valence-corrected chi connectivity index (χ0v) is 22.9. The Morgan fingerprint density at radius 3 is 1.07 bits per heavy atom. The molecule has 1 aromatic rings. The minimum absolute atomic E-state index is 0.0314. The van der Waals surface area contributed by atoms with Crippen molar-refractivity contribution in [2.24, 2.45) is 5.73 Å². The van der Waals surface area contributed by atoms with Gasteiger partial charge in [0.2, 0.25) is 10.9 Å².